The van der Waals surface area contributed by atoms with Gasteiger partial charge in [-0.2, -0.15) is 0 Å². The second kappa shape index (κ2) is 5.25. The van der Waals surface area contributed by atoms with Crippen LogP contribution < -0.4 is 5.56 Å². The quantitative estimate of drug-likeness (QED) is 0.897. The van der Waals surface area contributed by atoms with Gasteiger partial charge in [0.15, 0.2) is 0 Å². The van der Waals surface area contributed by atoms with Crippen LogP contribution in [0.1, 0.15) is 22.4 Å². The molecular formula is C14H12BrF2NO. The second-order valence-corrected chi connectivity index (χ2v) is 5.17. The van der Waals surface area contributed by atoms with Crippen LogP contribution in [0.4, 0.5) is 8.78 Å². The molecule has 0 radical (unpaired) electrons. The monoisotopic (exact) mass is 327 g/mol. The van der Waals surface area contributed by atoms with Gasteiger partial charge in [-0.25, -0.2) is 8.78 Å². The highest BCUT2D eigenvalue weighted by Gasteiger charge is 2.15. The number of pyridine rings is 1. The van der Waals surface area contributed by atoms with Crippen LogP contribution in [0.25, 0.3) is 0 Å². The Labute approximate surface area is 117 Å². The molecule has 0 aliphatic carbocycles. The van der Waals surface area contributed by atoms with E-state index in [2.05, 4.69) is 20.9 Å². The Bertz CT molecular complexity index is 674. The third kappa shape index (κ3) is 2.61. The Morgan fingerprint density at radius 2 is 1.74 bits per heavy atom. The molecule has 2 aromatic rings. The molecule has 0 aliphatic rings. The van der Waals surface area contributed by atoms with Crippen LogP contribution in [0.5, 0.6) is 0 Å². The van der Waals surface area contributed by atoms with E-state index in [-0.39, 0.29) is 17.5 Å². The van der Waals surface area contributed by atoms with Crippen molar-refractivity contribution in [3.8, 4) is 0 Å². The van der Waals surface area contributed by atoms with E-state index in [4.69, 9.17) is 0 Å². The maximum Gasteiger partial charge on any atom is 0.262 e. The van der Waals surface area contributed by atoms with Crippen molar-refractivity contribution in [3.63, 3.8) is 0 Å². The lowest BCUT2D eigenvalue weighted by atomic mass is 9.99. The highest BCUT2D eigenvalue weighted by Crippen LogP contribution is 2.23. The molecule has 0 atom stereocenters. The van der Waals surface area contributed by atoms with Crippen molar-refractivity contribution in [1.29, 1.82) is 0 Å². The van der Waals surface area contributed by atoms with Gasteiger partial charge in [0.25, 0.3) is 5.56 Å². The molecule has 1 N–H and O–H groups in total. The normalized spacial score (nSPS) is 10.8. The molecule has 19 heavy (non-hydrogen) atoms. The molecule has 0 spiro atoms. The summed E-state index contributed by atoms with van der Waals surface area (Å²) in [5, 5.41) is 0. The third-order valence-electron chi connectivity index (χ3n) is 3.15. The molecule has 0 amide bonds. The predicted molar refractivity (Wildman–Crippen MR) is 73.4 cm³/mol. The smallest absolute Gasteiger partial charge is 0.262 e. The lowest BCUT2D eigenvalue weighted by molar-refractivity contribution is 0.561. The zero-order valence-corrected chi connectivity index (χ0v) is 12.1. The summed E-state index contributed by atoms with van der Waals surface area (Å²) in [6, 6.07) is 3.78. The SMILES string of the molecule is Cc1[nH]c(=O)c(Br)c(C)c1Cc1c(F)cccc1F. The van der Waals surface area contributed by atoms with Crippen molar-refractivity contribution in [3.05, 3.63) is 67.0 Å². The average molecular weight is 328 g/mol. The first kappa shape index (κ1) is 13.9. The topological polar surface area (TPSA) is 32.9 Å². The fourth-order valence-electron chi connectivity index (χ4n) is 2.03. The number of benzene rings is 1. The maximum atomic E-state index is 13.7. The molecule has 0 fully saturated rings. The zero-order chi connectivity index (χ0) is 14.2. The fourth-order valence-corrected chi connectivity index (χ4v) is 2.37. The molecule has 0 saturated carbocycles. The van der Waals surface area contributed by atoms with Crippen molar-refractivity contribution >= 4 is 15.9 Å². The van der Waals surface area contributed by atoms with E-state index in [9.17, 15) is 13.6 Å². The summed E-state index contributed by atoms with van der Waals surface area (Å²) in [6.45, 7) is 3.47. The summed E-state index contributed by atoms with van der Waals surface area (Å²) in [6.07, 6.45) is 0.103. The fraction of sp³-hybridized carbons (Fsp3) is 0.214. The van der Waals surface area contributed by atoms with Crippen LogP contribution in [0, 0.1) is 25.5 Å². The molecule has 0 aliphatic heterocycles. The molecule has 0 bridgehead atoms. The van der Waals surface area contributed by atoms with Gasteiger partial charge in [0.2, 0.25) is 0 Å². The minimum atomic E-state index is -0.582. The van der Waals surface area contributed by atoms with Crippen molar-refractivity contribution in [2.45, 2.75) is 20.3 Å². The first-order valence-electron chi connectivity index (χ1n) is 5.72. The van der Waals surface area contributed by atoms with Gasteiger partial charge in [-0.1, -0.05) is 6.07 Å². The molecule has 0 saturated heterocycles. The molecule has 2 nitrogen and oxygen atoms in total. The van der Waals surface area contributed by atoms with E-state index < -0.39 is 11.6 Å². The Balaban J connectivity index is 2.56. The number of nitrogens with one attached hydrogen (secondary N) is 1. The lowest BCUT2D eigenvalue weighted by Gasteiger charge is -2.12. The first-order valence-corrected chi connectivity index (χ1v) is 6.52. The average Bonchev–Trinajstić information content (AvgIpc) is 2.35. The lowest BCUT2D eigenvalue weighted by Crippen LogP contribution is -2.14. The Morgan fingerprint density at radius 3 is 2.32 bits per heavy atom. The number of aryl methyl sites for hydroxylation is 1. The summed E-state index contributed by atoms with van der Waals surface area (Å²) in [5.74, 6) is -1.16. The van der Waals surface area contributed by atoms with Crippen LogP contribution >= 0.6 is 15.9 Å². The summed E-state index contributed by atoms with van der Waals surface area (Å²) < 4.78 is 27.7. The van der Waals surface area contributed by atoms with E-state index in [1.54, 1.807) is 13.8 Å². The van der Waals surface area contributed by atoms with Gasteiger partial charge in [0.1, 0.15) is 11.6 Å². The molecule has 1 heterocycles. The molecule has 1 aromatic carbocycles. The highest BCUT2D eigenvalue weighted by atomic mass is 79.9. The van der Waals surface area contributed by atoms with E-state index in [0.717, 1.165) is 5.56 Å². The van der Waals surface area contributed by atoms with Gasteiger partial charge in [-0.05, 0) is 53.0 Å². The number of H-pyrrole nitrogens is 1. The summed E-state index contributed by atoms with van der Waals surface area (Å²) in [5.41, 5.74) is 1.80. The Kier molecular flexibility index (Phi) is 3.85. The van der Waals surface area contributed by atoms with Gasteiger partial charge in [-0.3, -0.25) is 4.79 Å². The molecule has 1 aromatic heterocycles. The number of aromatic nitrogens is 1. The summed E-state index contributed by atoms with van der Waals surface area (Å²) in [7, 11) is 0. The van der Waals surface area contributed by atoms with E-state index in [0.29, 0.717) is 15.7 Å². The van der Waals surface area contributed by atoms with E-state index in [1.165, 1.54) is 18.2 Å². The van der Waals surface area contributed by atoms with Gasteiger partial charge < -0.3 is 4.98 Å². The van der Waals surface area contributed by atoms with Crippen LogP contribution in [-0.2, 0) is 6.42 Å². The number of hydrogen-bond acceptors (Lipinski definition) is 1. The van der Waals surface area contributed by atoms with Gasteiger partial charge in [0, 0.05) is 17.7 Å². The summed E-state index contributed by atoms with van der Waals surface area (Å²) >= 11 is 3.18. The van der Waals surface area contributed by atoms with Gasteiger partial charge in [0.05, 0.1) is 4.47 Å². The van der Waals surface area contributed by atoms with E-state index in [1.807, 2.05) is 0 Å². The largest absolute Gasteiger partial charge is 0.325 e. The maximum absolute atomic E-state index is 13.7. The van der Waals surface area contributed by atoms with Crippen molar-refractivity contribution in [1.82, 2.24) is 4.98 Å². The number of halogens is 3. The van der Waals surface area contributed by atoms with Crippen LogP contribution in [0.2, 0.25) is 0 Å². The minimum absolute atomic E-state index is 0.00708. The van der Waals surface area contributed by atoms with Crippen molar-refractivity contribution < 1.29 is 8.78 Å². The Morgan fingerprint density at radius 1 is 1.16 bits per heavy atom. The standard InChI is InChI=1S/C14H12BrF2NO/c1-7-9(8(2)18-14(19)13(7)15)6-10-11(16)4-3-5-12(10)17/h3-5H,6H2,1-2H3,(H,18,19). The van der Waals surface area contributed by atoms with Crippen LogP contribution in [-0.4, -0.2) is 4.98 Å². The predicted octanol–water partition coefficient (Wildman–Crippen LogP) is 3.62. The number of aromatic amines is 1. The third-order valence-corrected chi connectivity index (χ3v) is 4.11. The molecule has 0 unspecified atom stereocenters. The van der Waals surface area contributed by atoms with Gasteiger partial charge in [-0.15, -0.1) is 0 Å². The van der Waals surface area contributed by atoms with Crippen molar-refractivity contribution in [2.24, 2.45) is 0 Å². The van der Waals surface area contributed by atoms with Crippen LogP contribution in [0.3, 0.4) is 0 Å². The first-order chi connectivity index (χ1) is 8.91. The Hall–Kier alpha value is -1.49. The van der Waals surface area contributed by atoms with E-state index >= 15 is 0 Å². The number of rotatable bonds is 2. The molecular weight excluding hydrogens is 316 g/mol. The highest BCUT2D eigenvalue weighted by molar-refractivity contribution is 9.10. The number of hydrogen-bond donors (Lipinski definition) is 1. The second-order valence-electron chi connectivity index (χ2n) is 4.37. The zero-order valence-electron chi connectivity index (χ0n) is 10.5. The van der Waals surface area contributed by atoms with Crippen molar-refractivity contribution in [2.75, 3.05) is 0 Å². The molecule has 5 heteroatoms. The molecule has 2 rings (SSSR count). The van der Waals surface area contributed by atoms with Crippen LogP contribution in [0.15, 0.2) is 27.5 Å². The minimum Gasteiger partial charge on any atom is -0.325 e. The molecule has 100 valence electrons. The summed E-state index contributed by atoms with van der Waals surface area (Å²) in [4.78, 5) is 14.2. The van der Waals surface area contributed by atoms with Gasteiger partial charge >= 0.3 is 0 Å².